The fourth-order valence-electron chi connectivity index (χ4n) is 4.29. The summed E-state index contributed by atoms with van der Waals surface area (Å²) < 4.78 is 28.6. The maximum Gasteiger partial charge on any atom is 0.365 e. The first-order valence-corrected chi connectivity index (χ1v) is 12.2. The van der Waals surface area contributed by atoms with Gasteiger partial charge in [-0.05, 0) is 62.4 Å². The number of carbonyl (C=O) groups excluding carboxylic acids is 1. The van der Waals surface area contributed by atoms with Gasteiger partial charge in [0, 0.05) is 18.7 Å². The lowest BCUT2D eigenvalue weighted by Gasteiger charge is -2.36. The largest absolute Gasteiger partial charge is 0.365 e. The van der Waals surface area contributed by atoms with Crippen molar-refractivity contribution in [1.82, 2.24) is 15.4 Å². The molecule has 0 radical (unpaired) electrons. The van der Waals surface area contributed by atoms with E-state index in [1.54, 1.807) is 0 Å². The van der Waals surface area contributed by atoms with Crippen LogP contribution in [-0.4, -0.2) is 46.0 Å². The third-order valence-corrected chi connectivity index (χ3v) is 7.48. The fourth-order valence-corrected chi connectivity index (χ4v) is 5.71. The Bertz CT molecular complexity index is 1080. The van der Waals surface area contributed by atoms with Crippen LogP contribution in [0.2, 0.25) is 0 Å². The molecule has 9 heteroatoms. The number of hydrogen-bond acceptors (Lipinski definition) is 5. The molecule has 2 aromatic rings. The summed E-state index contributed by atoms with van der Waals surface area (Å²) in [6.45, 7) is 0.730. The van der Waals surface area contributed by atoms with Crippen LogP contribution in [0.4, 0.5) is 13.6 Å². The second kappa shape index (κ2) is 10.7. The summed E-state index contributed by atoms with van der Waals surface area (Å²) in [5.74, 6) is -1.23. The predicted octanol–water partition coefficient (Wildman–Crippen LogP) is 5.45. The van der Waals surface area contributed by atoms with Crippen LogP contribution >= 0.6 is 11.8 Å². The van der Waals surface area contributed by atoms with E-state index in [0.717, 1.165) is 49.6 Å². The van der Waals surface area contributed by atoms with Crippen molar-refractivity contribution in [2.45, 2.75) is 43.0 Å². The van der Waals surface area contributed by atoms with Gasteiger partial charge in [0.2, 0.25) is 0 Å². The number of hydrogen-bond donors (Lipinski definition) is 2. The van der Waals surface area contributed by atoms with Crippen molar-refractivity contribution in [3.05, 3.63) is 83.4 Å². The van der Waals surface area contributed by atoms with Gasteiger partial charge in [0.15, 0.2) is 0 Å². The number of nitrogens with zero attached hydrogens (tertiary/aromatic N) is 3. The molecule has 4 rings (SSSR count). The summed E-state index contributed by atoms with van der Waals surface area (Å²) in [5, 5.41) is 19.8. The molecule has 0 saturated heterocycles. The molecule has 2 amide bonds. The van der Waals surface area contributed by atoms with Gasteiger partial charge < -0.3 is 5.32 Å². The van der Waals surface area contributed by atoms with Crippen molar-refractivity contribution >= 4 is 22.8 Å². The minimum absolute atomic E-state index is 0.0201. The Labute approximate surface area is 202 Å². The average Bonchev–Trinajstić information content (AvgIpc) is 3.24. The van der Waals surface area contributed by atoms with Crippen LogP contribution < -0.4 is 5.32 Å². The molecule has 2 N–H and O–H groups in total. The SMILES string of the molecule is CN(O)C(=O)N1N=C(c2cc(F)ccc2F)SC1(CCCNC1CC=CCC1)c1ccccc1. The van der Waals surface area contributed by atoms with Gasteiger partial charge in [-0.3, -0.25) is 5.21 Å². The van der Waals surface area contributed by atoms with Gasteiger partial charge in [-0.1, -0.05) is 54.2 Å². The summed E-state index contributed by atoms with van der Waals surface area (Å²) >= 11 is 1.20. The zero-order chi connectivity index (χ0) is 24.1. The first-order valence-electron chi connectivity index (χ1n) is 11.3. The molecule has 0 aromatic heterocycles. The lowest BCUT2D eigenvalue weighted by Crippen LogP contribution is -2.46. The number of allylic oxidation sites excluding steroid dienone is 1. The quantitative estimate of drug-likeness (QED) is 0.236. The number of benzene rings is 2. The number of hydroxylamine groups is 2. The topological polar surface area (TPSA) is 68.2 Å². The van der Waals surface area contributed by atoms with Gasteiger partial charge in [-0.2, -0.15) is 10.1 Å². The van der Waals surface area contributed by atoms with Crippen LogP contribution in [0.25, 0.3) is 0 Å². The first kappa shape index (κ1) is 24.4. The average molecular weight is 487 g/mol. The molecule has 34 heavy (non-hydrogen) atoms. The number of hydrazone groups is 1. The van der Waals surface area contributed by atoms with Gasteiger partial charge in [0.25, 0.3) is 0 Å². The van der Waals surface area contributed by atoms with E-state index in [9.17, 15) is 18.8 Å². The van der Waals surface area contributed by atoms with E-state index in [0.29, 0.717) is 23.9 Å². The Morgan fingerprint density at radius 1 is 1.26 bits per heavy atom. The van der Waals surface area contributed by atoms with Gasteiger partial charge >= 0.3 is 6.03 Å². The van der Waals surface area contributed by atoms with Crippen molar-refractivity contribution in [3.63, 3.8) is 0 Å². The number of amides is 2. The van der Waals surface area contributed by atoms with Crippen molar-refractivity contribution in [3.8, 4) is 0 Å². The van der Waals surface area contributed by atoms with Crippen LogP contribution in [0.15, 0.2) is 65.8 Å². The van der Waals surface area contributed by atoms with Crippen molar-refractivity contribution < 1.29 is 18.8 Å². The molecule has 2 aliphatic rings. The van der Waals surface area contributed by atoms with E-state index >= 15 is 0 Å². The van der Waals surface area contributed by atoms with Gasteiger partial charge in [0.05, 0.1) is 0 Å². The molecule has 180 valence electrons. The Balaban J connectivity index is 1.65. The van der Waals surface area contributed by atoms with E-state index in [2.05, 4.69) is 22.6 Å². The summed E-state index contributed by atoms with van der Waals surface area (Å²) in [5.41, 5.74) is 0.764. The molecule has 0 fully saturated rings. The maximum atomic E-state index is 14.6. The molecule has 1 aliphatic heterocycles. The number of thioether (sulfide) groups is 1. The zero-order valence-corrected chi connectivity index (χ0v) is 19.8. The number of rotatable bonds is 7. The number of urea groups is 1. The molecule has 2 unspecified atom stereocenters. The summed E-state index contributed by atoms with van der Waals surface area (Å²) in [4.78, 5) is 12.0. The second-order valence-corrected chi connectivity index (χ2v) is 9.71. The smallest absolute Gasteiger partial charge is 0.314 e. The van der Waals surface area contributed by atoms with Crippen molar-refractivity contribution in [2.75, 3.05) is 13.6 Å². The maximum absolute atomic E-state index is 14.6. The molecule has 0 spiro atoms. The van der Waals surface area contributed by atoms with Crippen LogP contribution in [-0.2, 0) is 4.87 Å². The van der Waals surface area contributed by atoms with Crippen LogP contribution in [0, 0.1) is 11.6 Å². The Morgan fingerprint density at radius 3 is 2.76 bits per heavy atom. The van der Waals surface area contributed by atoms with Gasteiger partial charge in [0.1, 0.15) is 21.5 Å². The molecular formula is C25H28F2N4O2S. The standard InChI is InChI=1S/C25H28F2N4O2S/c1-30(33)24(32)31-25(18-9-4-2-5-10-18,15-8-16-28-20-11-6-3-7-12-20)34-23(29-31)21-17-19(26)13-14-22(21)27/h2-6,9-10,13-14,17,20,28,33H,7-8,11-12,15-16H2,1H3. The number of halogens is 2. The third-order valence-electron chi connectivity index (χ3n) is 6.03. The first-order chi connectivity index (χ1) is 16.4. The van der Waals surface area contributed by atoms with Crippen molar-refractivity contribution in [1.29, 1.82) is 0 Å². The van der Waals surface area contributed by atoms with E-state index < -0.39 is 22.5 Å². The molecule has 0 saturated carbocycles. The highest BCUT2D eigenvalue weighted by atomic mass is 32.2. The summed E-state index contributed by atoms with van der Waals surface area (Å²) in [6, 6.07) is 12.2. The summed E-state index contributed by atoms with van der Waals surface area (Å²) in [6.07, 6.45) is 8.70. The predicted molar refractivity (Wildman–Crippen MR) is 129 cm³/mol. The Kier molecular flexibility index (Phi) is 7.65. The van der Waals surface area contributed by atoms with E-state index in [1.807, 2.05) is 30.3 Å². The van der Waals surface area contributed by atoms with Gasteiger partial charge in [-0.15, -0.1) is 0 Å². The minimum atomic E-state index is -1.03. The van der Waals surface area contributed by atoms with Crippen molar-refractivity contribution in [2.24, 2.45) is 5.10 Å². The highest BCUT2D eigenvalue weighted by Gasteiger charge is 2.49. The monoisotopic (exact) mass is 486 g/mol. The third kappa shape index (κ3) is 5.16. The lowest BCUT2D eigenvalue weighted by molar-refractivity contribution is -0.0404. The summed E-state index contributed by atoms with van der Waals surface area (Å²) in [7, 11) is 1.22. The van der Waals surface area contributed by atoms with Crippen LogP contribution in [0.1, 0.15) is 43.2 Å². The molecular weight excluding hydrogens is 458 g/mol. The number of carbonyl (C=O) groups is 1. The molecule has 0 bridgehead atoms. The van der Waals surface area contributed by atoms with E-state index in [-0.39, 0.29) is 10.6 Å². The molecule has 2 atom stereocenters. The molecule has 6 nitrogen and oxygen atoms in total. The Morgan fingerprint density at radius 2 is 2.06 bits per heavy atom. The van der Waals surface area contributed by atoms with E-state index in [1.165, 1.54) is 23.8 Å². The highest BCUT2D eigenvalue weighted by Crippen LogP contribution is 2.50. The fraction of sp³-hybridized carbons (Fsp3) is 0.360. The molecule has 2 aromatic carbocycles. The second-order valence-electron chi connectivity index (χ2n) is 8.44. The zero-order valence-electron chi connectivity index (χ0n) is 19.0. The van der Waals surface area contributed by atoms with E-state index in [4.69, 9.17) is 0 Å². The minimum Gasteiger partial charge on any atom is -0.314 e. The lowest BCUT2D eigenvalue weighted by atomic mass is 9.99. The highest BCUT2D eigenvalue weighted by molar-refractivity contribution is 8.15. The Hall–Kier alpha value is -2.75. The normalized spacial score (nSPS) is 22.1. The molecule has 1 heterocycles. The number of nitrogens with one attached hydrogen (secondary N) is 1. The van der Waals surface area contributed by atoms with Crippen LogP contribution in [0.3, 0.4) is 0 Å². The van der Waals surface area contributed by atoms with Gasteiger partial charge in [-0.25, -0.2) is 18.6 Å². The van der Waals surface area contributed by atoms with Crippen LogP contribution in [0.5, 0.6) is 0 Å². The molecule has 1 aliphatic carbocycles.